The van der Waals surface area contributed by atoms with Crippen LogP contribution in [0.2, 0.25) is 0 Å². The monoisotopic (exact) mass is 508 g/mol. The van der Waals surface area contributed by atoms with E-state index in [2.05, 4.69) is 10.3 Å². The maximum absolute atomic E-state index is 13.9. The van der Waals surface area contributed by atoms with Crippen LogP contribution in [0.4, 0.5) is 18.9 Å². The van der Waals surface area contributed by atoms with E-state index in [0.717, 1.165) is 23.0 Å². The van der Waals surface area contributed by atoms with Crippen molar-refractivity contribution in [1.82, 2.24) is 14.9 Å². The van der Waals surface area contributed by atoms with E-state index in [-0.39, 0.29) is 17.5 Å². The molecule has 2 atom stereocenters. The molecule has 1 aliphatic rings. The summed E-state index contributed by atoms with van der Waals surface area (Å²) in [7, 11) is 0. The van der Waals surface area contributed by atoms with Gasteiger partial charge in [0.2, 0.25) is 0 Å². The molecule has 36 heavy (non-hydrogen) atoms. The predicted octanol–water partition coefficient (Wildman–Crippen LogP) is 6.39. The first-order chi connectivity index (χ1) is 17.2. The number of phenolic OH excluding ortho intramolecular Hbond substituents is 1. The first-order valence-corrected chi connectivity index (χ1v) is 11.7. The summed E-state index contributed by atoms with van der Waals surface area (Å²) in [6.07, 6.45) is -2.80. The number of aromatic nitrogens is 2. The Bertz CT molecular complexity index is 1420. The second-order valence-corrected chi connectivity index (χ2v) is 9.08. The Hall–Kier alpha value is -3.85. The summed E-state index contributed by atoms with van der Waals surface area (Å²) < 4.78 is 43.3. The molecule has 0 amide bonds. The number of hydrogen-bond donors (Lipinski definition) is 2. The average Bonchev–Trinajstić information content (AvgIpc) is 3.34. The Morgan fingerprint density at radius 1 is 0.972 bits per heavy atom. The maximum atomic E-state index is 13.9. The number of thiocarbonyl (C=S) groups is 1. The number of halogens is 3. The number of pyridine rings is 1. The van der Waals surface area contributed by atoms with Gasteiger partial charge < -0.3 is 19.9 Å². The molecule has 0 saturated carbocycles. The molecule has 0 aliphatic carbocycles. The normalized spacial score (nSPS) is 17.9. The molecule has 5 nitrogen and oxygen atoms in total. The van der Waals surface area contributed by atoms with Crippen LogP contribution in [-0.4, -0.2) is 19.8 Å². The van der Waals surface area contributed by atoms with Crippen LogP contribution >= 0.6 is 12.2 Å². The van der Waals surface area contributed by atoms with Gasteiger partial charge in [0.15, 0.2) is 5.11 Å². The number of para-hydroxylation sites is 1. The van der Waals surface area contributed by atoms with Gasteiger partial charge in [0.05, 0.1) is 29.0 Å². The molecule has 0 spiro atoms. The molecule has 4 aromatic rings. The van der Waals surface area contributed by atoms with Crippen LogP contribution in [0.1, 0.15) is 40.3 Å². The molecule has 5 rings (SSSR count). The zero-order chi connectivity index (χ0) is 25.6. The van der Waals surface area contributed by atoms with Crippen LogP contribution in [0.25, 0.3) is 5.69 Å². The number of benzene rings is 2. The highest BCUT2D eigenvalue weighted by molar-refractivity contribution is 7.80. The van der Waals surface area contributed by atoms with Crippen LogP contribution in [0.15, 0.2) is 79.0 Å². The quantitative estimate of drug-likeness (QED) is 0.313. The van der Waals surface area contributed by atoms with Crippen LogP contribution in [0, 0.1) is 13.8 Å². The highest BCUT2D eigenvalue weighted by atomic mass is 32.1. The lowest BCUT2D eigenvalue weighted by atomic mass is 9.96. The average molecular weight is 509 g/mol. The standard InChI is InChI=1S/C27H23F3N4OS/c1-16-15-20(17(2)33(16)23-9-4-3-7-21(23)27(28,29)30)25-24(22-8-5-6-14-31-22)32-26(36)34(25)18-10-12-19(35)13-11-18/h3-15,24-25,35H,1-2H3,(H,32,36). The molecule has 2 aromatic heterocycles. The van der Waals surface area contributed by atoms with E-state index < -0.39 is 17.8 Å². The summed E-state index contributed by atoms with van der Waals surface area (Å²) in [6.45, 7) is 3.62. The Balaban J connectivity index is 1.70. The van der Waals surface area contributed by atoms with E-state index in [0.29, 0.717) is 16.5 Å². The minimum Gasteiger partial charge on any atom is -0.508 e. The van der Waals surface area contributed by atoms with Crippen molar-refractivity contribution in [1.29, 1.82) is 0 Å². The minimum atomic E-state index is -4.50. The molecule has 1 fully saturated rings. The highest BCUT2D eigenvalue weighted by Gasteiger charge is 2.43. The van der Waals surface area contributed by atoms with Crippen molar-refractivity contribution in [2.75, 3.05) is 4.90 Å². The van der Waals surface area contributed by atoms with Gasteiger partial charge in [0.25, 0.3) is 0 Å². The lowest BCUT2D eigenvalue weighted by molar-refractivity contribution is -0.137. The lowest BCUT2D eigenvalue weighted by Gasteiger charge is -2.28. The first kappa shape index (κ1) is 23.9. The Kier molecular flexibility index (Phi) is 5.96. The molecule has 1 aliphatic heterocycles. The van der Waals surface area contributed by atoms with Gasteiger partial charge in [-0.2, -0.15) is 13.2 Å². The van der Waals surface area contributed by atoms with Gasteiger partial charge in [0.1, 0.15) is 5.75 Å². The number of aromatic hydroxyl groups is 1. The van der Waals surface area contributed by atoms with E-state index in [1.807, 2.05) is 36.1 Å². The second kappa shape index (κ2) is 8.98. The number of aryl methyl sites for hydroxylation is 1. The van der Waals surface area contributed by atoms with Crippen molar-refractivity contribution in [3.8, 4) is 11.4 Å². The molecule has 2 N–H and O–H groups in total. The van der Waals surface area contributed by atoms with E-state index in [4.69, 9.17) is 12.2 Å². The molecule has 0 radical (unpaired) electrons. The lowest BCUT2D eigenvalue weighted by Crippen LogP contribution is -2.29. The Morgan fingerprint density at radius 2 is 1.67 bits per heavy atom. The fourth-order valence-corrected chi connectivity index (χ4v) is 5.27. The molecular weight excluding hydrogens is 485 g/mol. The third-order valence-corrected chi connectivity index (χ3v) is 6.78. The van der Waals surface area contributed by atoms with Crippen molar-refractivity contribution in [3.63, 3.8) is 0 Å². The number of hydrogen-bond acceptors (Lipinski definition) is 3. The maximum Gasteiger partial charge on any atom is 0.418 e. The molecule has 3 heterocycles. The zero-order valence-electron chi connectivity index (χ0n) is 19.5. The molecular formula is C27H23F3N4OS. The van der Waals surface area contributed by atoms with Crippen LogP contribution < -0.4 is 10.2 Å². The SMILES string of the molecule is Cc1cc(C2C(c3ccccn3)NC(=S)N2c2ccc(O)cc2)c(C)n1-c1ccccc1C(F)(F)F. The predicted molar refractivity (Wildman–Crippen MR) is 136 cm³/mol. The highest BCUT2D eigenvalue weighted by Crippen LogP contribution is 2.44. The van der Waals surface area contributed by atoms with E-state index in [1.54, 1.807) is 48.0 Å². The van der Waals surface area contributed by atoms with Crippen molar-refractivity contribution in [3.05, 3.63) is 107 Å². The number of nitrogens with one attached hydrogen (secondary N) is 1. The van der Waals surface area contributed by atoms with Crippen LogP contribution in [-0.2, 0) is 6.18 Å². The minimum absolute atomic E-state index is 0.0744. The fourth-order valence-electron chi connectivity index (χ4n) is 4.93. The summed E-state index contributed by atoms with van der Waals surface area (Å²) >= 11 is 5.72. The zero-order valence-corrected chi connectivity index (χ0v) is 20.3. The number of phenols is 1. The summed E-state index contributed by atoms with van der Waals surface area (Å²) in [5, 5.41) is 13.6. The van der Waals surface area contributed by atoms with E-state index in [9.17, 15) is 18.3 Å². The fraction of sp³-hybridized carbons (Fsp3) is 0.185. The van der Waals surface area contributed by atoms with Gasteiger partial charge in [-0.25, -0.2) is 0 Å². The number of rotatable bonds is 4. The van der Waals surface area contributed by atoms with Gasteiger partial charge in [-0.1, -0.05) is 18.2 Å². The van der Waals surface area contributed by atoms with Crippen LogP contribution in [0.3, 0.4) is 0 Å². The third kappa shape index (κ3) is 4.09. The van der Waals surface area contributed by atoms with E-state index >= 15 is 0 Å². The number of anilines is 1. The molecule has 1 saturated heterocycles. The van der Waals surface area contributed by atoms with Crippen LogP contribution in [0.5, 0.6) is 5.75 Å². The van der Waals surface area contributed by atoms with Crippen molar-refractivity contribution >= 4 is 23.0 Å². The Morgan fingerprint density at radius 3 is 2.33 bits per heavy atom. The first-order valence-electron chi connectivity index (χ1n) is 11.3. The van der Waals surface area contributed by atoms with Crippen molar-refractivity contribution < 1.29 is 18.3 Å². The van der Waals surface area contributed by atoms with Crippen molar-refractivity contribution in [2.45, 2.75) is 32.1 Å². The van der Waals surface area contributed by atoms with Gasteiger partial charge >= 0.3 is 6.18 Å². The molecule has 2 aromatic carbocycles. The van der Waals surface area contributed by atoms with Gasteiger partial charge in [-0.05, 0) is 86.2 Å². The summed E-state index contributed by atoms with van der Waals surface area (Å²) in [5.74, 6) is 0.122. The van der Waals surface area contributed by atoms with Gasteiger partial charge in [-0.3, -0.25) is 4.98 Å². The van der Waals surface area contributed by atoms with E-state index in [1.165, 1.54) is 12.1 Å². The largest absolute Gasteiger partial charge is 0.508 e. The van der Waals surface area contributed by atoms with Gasteiger partial charge in [0, 0.05) is 23.3 Å². The summed E-state index contributed by atoms with van der Waals surface area (Å²) in [6, 6.07) is 19.0. The second-order valence-electron chi connectivity index (χ2n) is 8.69. The summed E-state index contributed by atoms with van der Waals surface area (Å²) in [4.78, 5) is 6.46. The van der Waals surface area contributed by atoms with Crippen molar-refractivity contribution in [2.24, 2.45) is 0 Å². The number of alkyl halides is 3. The molecule has 2 unspecified atom stereocenters. The number of nitrogens with zero attached hydrogens (tertiary/aromatic N) is 3. The summed E-state index contributed by atoms with van der Waals surface area (Å²) in [5.41, 5.74) is 3.04. The topological polar surface area (TPSA) is 53.3 Å². The Labute approximate surface area is 211 Å². The third-order valence-electron chi connectivity index (χ3n) is 6.47. The molecule has 184 valence electrons. The molecule has 0 bridgehead atoms. The smallest absolute Gasteiger partial charge is 0.418 e. The molecule has 9 heteroatoms. The van der Waals surface area contributed by atoms with Gasteiger partial charge in [-0.15, -0.1) is 0 Å².